The van der Waals surface area contributed by atoms with Crippen molar-refractivity contribution in [2.75, 3.05) is 20.2 Å². The Hall–Kier alpha value is -1.39. The third-order valence-electron chi connectivity index (χ3n) is 3.66. The predicted octanol–water partition coefficient (Wildman–Crippen LogP) is 1.93. The molecule has 0 unspecified atom stereocenters. The fourth-order valence-corrected chi connectivity index (χ4v) is 2.46. The lowest BCUT2D eigenvalue weighted by atomic mass is 10.1. The highest BCUT2D eigenvalue weighted by atomic mass is 16.5. The number of hydrogen-bond donors (Lipinski definition) is 1. The summed E-state index contributed by atoms with van der Waals surface area (Å²) in [6.45, 7) is 4.57. The third kappa shape index (κ3) is 4.05. The molecule has 20 heavy (non-hydrogen) atoms. The van der Waals surface area contributed by atoms with Crippen molar-refractivity contribution in [3.63, 3.8) is 0 Å². The second-order valence-electron chi connectivity index (χ2n) is 5.22. The summed E-state index contributed by atoms with van der Waals surface area (Å²) >= 11 is 0. The Labute approximate surface area is 121 Å². The van der Waals surface area contributed by atoms with Gasteiger partial charge < -0.3 is 15.0 Å². The van der Waals surface area contributed by atoms with Gasteiger partial charge in [-0.1, -0.05) is 24.3 Å². The van der Waals surface area contributed by atoms with Crippen molar-refractivity contribution < 1.29 is 9.53 Å². The number of nitrogens with zero attached hydrogens (tertiary/aromatic N) is 1. The summed E-state index contributed by atoms with van der Waals surface area (Å²) in [4.78, 5) is 14.1. The van der Waals surface area contributed by atoms with Crippen LogP contribution in [0.1, 0.15) is 30.9 Å². The lowest BCUT2D eigenvalue weighted by Gasteiger charge is -2.20. The number of hydrogen-bond acceptors (Lipinski definition) is 3. The van der Waals surface area contributed by atoms with E-state index in [9.17, 15) is 4.79 Å². The Balaban J connectivity index is 1.81. The van der Waals surface area contributed by atoms with E-state index in [1.807, 2.05) is 24.0 Å². The minimum atomic E-state index is 0.208. The number of ether oxygens (including phenoxy) is 1. The Bertz CT molecular complexity index is 444. The summed E-state index contributed by atoms with van der Waals surface area (Å²) < 4.78 is 5.19. The zero-order valence-corrected chi connectivity index (χ0v) is 12.4. The number of carbonyl (C=O) groups excluding carboxylic acids is 1. The van der Waals surface area contributed by atoms with Gasteiger partial charge in [0, 0.05) is 26.2 Å². The average Bonchev–Trinajstić information content (AvgIpc) is 3.26. The van der Waals surface area contributed by atoms with Crippen LogP contribution in [0.25, 0.3) is 0 Å². The van der Waals surface area contributed by atoms with Gasteiger partial charge >= 0.3 is 0 Å². The van der Waals surface area contributed by atoms with E-state index in [2.05, 4.69) is 17.4 Å². The van der Waals surface area contributed by atoms with Gasteiger partial charge in [-0.2, -0.15) is 0 Å². The summed E-state index contributed by atoms with van der Waals surface area (Å²) in [5, 5.41) is 3.25. The molecule has 1 amide bonds. The van der Waals surface area contributed by atoms with Gasteiger partial charge in [0.25, 0.3) is 0 Å². The molecule has 0 atom stereocenters. The molecule has 1 aliphatic carbocycles. The first-order chi connectivity index (χ1) is 9.76. The smallest absolute Gasteiger partial charge is 0.236 e. The standard InChI is InChI=1S/C16H24N2O2/c1-3-18(15-8-9-15)16(19)11-17-10-13-6-4-5-7-14(13)12-20-2/h4-7,15,17H,3,8-12H2,1-2H3. The fraction of sp³-hybridized carbons (Fsp3) is 0.562. The lowest BCUT2D eigenvalue weighted by Crippen LogP contribution is -2.39. The summed E-state index contributed by atoms with van der Waals surface area (Å²) in [5.74, 6) is 0.208. The first-order valence-corrected chi connectivity index (χ1v) is 7.32. The maximum atomic E-state index is 12.1. The van der Waals surface area contributed by atoms with Gasteiger partial charge in [0.15, 0.2) is 0 Å². The third-order valence-corrected chi connectivity index (χ3v) is 3.66. The van der Waals surface area contributed by atoms with E-state index in [0.29, 0.717) is 25.7 Å². The molecule has 0 heterocycles. The van der Waals surface area contributed by atoms with Crippen molar-refractivity contribution in [2.45, 2.75) is 39.0 Å². The SMILES string of the molecule is CCN(C(=O)CNCc1ccccc1COC)C1CC1. The molecule has 4 heteroatoms. The highest BCUT2D eigenvalue weighted by Crippen LogP contribution is 2.26. The fourth-order valence-electron chi connectivity index (χ4n) is 2.46. The second kappa shape index (κ2) is 7.41. The molecule has 2 rings (SSSR count). The molecule has 0 aromatic heterocycles. The van der Waals surface area contributed by atoms with Crippen LogP contribution in [0.3, 0.4) is 0 Å². The van der Waals surface area contributed by atoms with Gasteiger partial charge in [0.2, 0.25) is 5.91 Å². The van der Waals surface area contributed by atoms with Gasteiger partial charge in [-0.3, -0.25) is 4.79 Å². The molecule has 110 valence electrons. The first-order valence-electron chi connectivity index (χ1n) is 7.32. The minimum absolute atomic E-state index is 0.208. The van der Waals surface area contributed by atoms with Crippen LogP contribution in [0, 0.1) is 0 Å². The van der Waals surface area contributed by atoms with Crippen molar-refractivity contribution in [3.05, 3.63) is 35.4 Å². The summed E-state index contributed by atoms with van der Waals surface area (Å²) in [5.41, 5.74) is 2.36. The molecule has 0 aliphatic heterocycles. The number of methoxy groups -OCH3 is 1. The number of amides is 1. The van der Waals surface area contributed by atoms with E-state index in [0.717, 1.165) is 19.4 Å². The second-order valence-corrected chi connectivity index (χ2v) is 5.22. The monoisotopic (exact) mass is 276 g/mol. The number of nitrogens with one attached hydrogen (secondary N) is 1. The quantitative estimate of drug-likeness (QED) is 0.789. The Kier molecular flexibility index (Phi) is 5.56. The maximum Gasteiger partial charge on any atom is 0.236 e. The van der Waals surface area contributed by atoms with Gasteiger partial charge in [-0.05, 0) is 30.9 Å². The lowest BCUT2D eigenvalue weighted by molar-refractivity contribution is -0.130. The van der Waals surface area contributed by atoms with Gasteiger partial charge in [0.1, 0.15) is 0 Å². The van der Waals surface area contributed by atoms with E-state index < -0.39 is 0 Å². The van der Waals surface area contributed by atoms with Crippen LogP contribution in [-0.2, 0) is 22.7 Å². The summed E-state index contributed by atoms with van der Waals surface area (Å²) in [6.07, 6.45) is 2.33. The van der Waals surface area contributed by atoms with Crippen LogP contribution in [0.4, 0.5) is 0 Å². The molecular formula is C16H24N2O2. The van der Waals surface area contributed by atoms with Crippen molar-refractivity contribution in [3.8, 4) is 0 Å². The molecule has 0 spiro atoms. The molecule has 1 saturated carbocycles. The van der Waals surface area contributed by atoms with Crippen LogP contribution in [0.5, 0.6) is 0 Å². The van der Waals surface area contributed by atoms with Crippen molar-refractivity contribution in [2.24, 2.45) is 0 Å². The van der Waals surface area contributed by atoms with E-state index >= 15 is 0 Å². The summed E-state index contributed by atoms with van der Waals surface area (Å²) in [6, 6.07) is 8.65. The highest BCUT2D eigenvalue weighted by molar-refractivity contribution is 5.78. The number of carbonyl (C=O) groups is 1. The normalized spacial score (nSPS) is 14.3. The maximum absolute atomic E-state index is 12.1. The molecular weight excluding hydrogens is 252 g/mol. The van der Waals surface area contributed by atoms with Crippen LogP contribution in [0.2, 0.25) is 0 Å². The Morgan fingerprint density at radius 2 is 2.05 bits per heavy atom. The molecule has 4 nitrogen and oxygen atoms in total. The van der Waals surface area contributed by atoms with E-state index in [1.54, 1.807) is 7.11 Å². The van der Waals surface area contributed by atoms with E-state index in [-0.39, 0.29) is 5.91 Å². The molecule has 1 aromatic rings. The van der Waals surface area contributed by atoms with Crippen LogP contribution >= 0.6 is 0 Å². The van der Waals surface area contributed by atoms with Crippen molar-refractivity contribution in [1.29, 1.82) is 0 Å². The van der Waals surface area contributed by atoms with Crippen LogP contribution < -0.4 is 5.32 Å². The predicted molar refractivity (Wildman–Crippen MR) is 79.3 cm³/mol. The molecule has 1 fully saturated rings. The molecule has 1 aliphatic rings. The number of benzene rings is 1. The Morgan fingerprint density at radius 1 is 1.35 bits per heavy atom. The molecule has 1 aromatic carbocycles. The van der Waals surface area contributed by atoms with Gasteiger partial charge in [-0.15, -0.1) is 0 Å². The minimum Gasteiger partial charge on any atom is -0.380 e. The van der Waals surface area contributed by atoms with Gasteiger partial charge in [0.05, 0.1) is 13.2 Å². The van der Waals surface area contributed by atoms with Crippen molar-refractivity contribution in [1.82, 2.24) is 10.2 Å². The molecule has 0 saturated heterocycles. The van der Waals surface area contributed by atoms with E-state index in [1.165, 1.54) is 11.1 Å². The highest BCUT2D eigenvalue weighted by Gasteiger charge is 2.30. The molecule has 0 radical (unpaired) electrons. The molecule has 0 bridgehead atoms. The van der Waals surface area contributed by atoms with Gasteiger partial charge in [-0.25, -0.2) is 0 Å². The Morgan fingerprint density at radius 3 is 2.65 bits per heavy atom. The largest absolute Gasteiger partial charge is 0.380 e. The number of likely N-dealkylation sites (N-methyl/N-ethyl adjacent to an activating group) is 1. The first kappa shape index (κ1) is 15.0. The zero-order chi connectivity index (χ0) is 14.4. The van der Waals surface area contributed by atoms with Crippen LogP contribution in [0.15, 0.2) is 24.3 Å². The van der Waals surface area contributed by atoms with Crippen molar-refractivity contribution >= 4 is 5.91 Å². The van der Waals surface area contributed by atoms with E-state index in [4.69, 9.17) is 4.74 Å². The zero-order valence-electron chi connectivity index (χ0n) is 12.4. The molecule has 1 N–H and O–H groups in total. The van der Waals surface area contributed by atoms with Crippen LogP contribution in [-0.4, -0.2) is 37.0 Å². The summed E-state index contributed by atoms with van der Waals surface area (Å²) in [7, 11) is 1.70. The number of rotatable bonds is 8. The topological polar surface area (TPSA) is 41.6 Å². The average molecular weight is 276 g/mol.